The van der Waals surface area contributed by atoms with Gasteiger partial charge in [-0.25, -0.2) is 4.79 Å². The number of nitrogens with zero attached hydrogens (tertiary/aromatic N) is 2. The van der Waals surface area contributed by atoms with Crippen LogP contribution in [-0.4, -0.2) is 38.7 Å². The van der Waals surface area contributed by atoms with E-state index in [0.717, 1.165) is 13.0 Å². The molecule has 3 atom stereocenters. The third-order valence-electron chi connectivity index (χ3n) is 3.33. The second-order valence-electron chi connectivity index (χ2n) is 6.39. The van der Waals surface area contributed by atoms with Gasteiger partial charge in [0.05, 0.1) is 12.1 Å². The van der Waals surface area contributed by atoms with Crippen molar-refractivity contribution < 1.29 is 14.6 Å². The predicted molar refractivity (Wildman–Crippen MR) is 74.1 cm³/mol. The van der Waals surface area contributed by atoms with Crippen LogP contribution in [-0.2, 0) is 11.3 Å². The van der Waals surface area contributed by atoms with Crippen LogP contribution in [0.15, 0.2) is 18.5 Å². The minimum atomic E-state index is -0.526. The second-order valence-corrected chi connectivity index (χ2v) is 6.39. The Morgan fingerprint density at radius 1 is 1.50 bits per heavy atom. The largest absolute Gasteiger partial charge is 0.444 e. The van der Waals surface area contributed by atoms with E-state index < -0.39 is 17.8 Å². The van der Waals surface area contributed by atoms with E-state index in [1.807, 2.05) is 37.7 Å². The van der Waals surface area contributed by atoms with Gasteiger partial charge < -0.3 is 15.2 Å². The Bertz CT molecular complexity index is 439. The molecule has 0 spiro atoms. The predicted octanol–water partition coefficient (Wildman–Crippen LogP) is 1.55. The summed E-state index contributed by atoms with van der Waals surface area (Å²) in [6.07, 6.45) is 4.05. The molecular formula is C14H23N3O3. The van der Waals surface area contributed by atoms with Gasteiger partial charge in [0.15, 0.2) is 0 Å². The highest BCUT2D eigenvalue weighted by molar-refractivity contribution is 5.68. The van der Waals surface area contributed by atoms with Crippen molar-refractivity contribution in [3.05, 3.63) is 18.5 Å². The fraction of sp³-hybridized carbons (Fsp3) is 0.714. The minimum absolute atomic E-state index is 0.245. The SMILES string of the molecule is CC(C)(C)OC(=O)N[C@@H]1CC(Cn2cccn2)C[C@H]1O. The number of carbonyl (C=O) groups is 1. The van der Waals surface area contributed by atoms with Gasteiger partial charge in [0.2, 0.25) is 0 Å². The summed E-state index contributed by atoms with van der Waals surface area (Å²) >= 11 is 0. The van der Waals surface area contributed by atoms with Gasteiger partial charge in [0.1, 0.15) is 5.60 Å². The van der Waals surface area contributed by atoms with Crippen LogP contribution in [0.1, 0.15) is 33.6 Å². The van der Waals surface area contributed by atoms with Crippen LogP contribution in [0.4, 0.5) is 4.79 Å². The first-order valence-electron chi connectivity index (χ1n) is 6.98. The van der Waals surface area contributed by atoms with Crippen molar-refractivity contribution in [1.82, 2.24) is 15.1 Å². The van der Waals surface area contributed by atoms with Gasteiger partial charge in [-0.1, -0.05) is 0 Å². The Morgan fingerprint density at radius 3 is 2.85 bits per heavy atom. The standard InChI is InChI=1S/C14H23N3O3/c1-14(2,3)20-13(19)16-11-7-10(8-12(11)18)9-17-6-4-5-15-17/h4-6,10-12,18H,7-9H2,1-3H3,(H,16,19)/t10?,11-,12-/m1/s1. The van der Waals surface area contributed by atoms with Crippen molar-refractivity contribution in [2.24, 2.45) is 5.92 Å². The molecule has 1 aliphatic rings. The number of hydrogen-bond acceptors (Lipinski definition) is 4. The molecule has 6 heteroatoms. The van der Waals surface area contributed by atoms with Crippen LogP contribution in [0.25, 0.3) is 0 Å². The lowest BCUT2D eigenvalue weighted by Crippen LogP contribution is -2.42. The van der Waals surface area contributed by atoms with Gasteiger partial charge in [-0.15, -0.1) is 0 Å². The number of aliphatic hydroxyl groups excluding tert-OH is 1. The highest BCUT2D eigenvalue weighted by atomic mass is 16.6. The van der Waals surface area contributed by atoms with E-state index in [1.54, 1.807) is 6.20 Å². The van der Waals surface area contributed by atoms with Crippen molar-refractivity contribution in [2.45, 2.75) is 57.9 Å². The normalized spacial score (nSPS) is 26.5. The highest BCUT2D eigenvalue weighted by Crippen LogP contribution is 2.27. The third kappa shape index (κ3) is 4.23. The van der Waals surface area contributed by atoms with Crippen LogP contribution in [0.2, 0.25) is 0 Å². The van der Waals surface area contributed by atoms with Crippen LogP contribution in [0, 0.1) is 5.92 Å². The van der Waals surface area contributed by atoms with Crippen LogP contribution in [0.3, 0.4) is 0 Å². The first-order chi connectivity index (χ1) is 9.33. The van der Waals surface area contributed by atoms with E-state index >= 15 is 0 Å². The maximum atomic E-state index is 11.7. The number of aliphatic hydroxyl groups is 1. The van der Waals surface area contributed by atoms with Gasteiger partial charge >= 0.3 is 6.09 Å². The smallest absolute Gasteiger partial charge is 0.407 e. The van der Waals surface area contributed by atoms with Gasteiger partial charge in [-0.3, -0.25) is 4.68 Å². The summed E-state index contributed by atoms with van der Waals surface area (Å²) in [5, 5.41) is 17.0. The fourth-order valence-corrected chi connectivity index (χ4v) is 2.55. The Morgan fingerprint density at radius 2 is 2.25 bits per heavy atom. The lowest BCUT2D eigenvalue weighted by atomic mass is 10.1. The zero-order valence-electron chi connectivity index (χ0n) is 12.2. The average Bonchev–Trinajstić information content (AvgIpc) is 2.88. The number of rotatable bonds is 3. The molecule has 0 bridgehead atoms. The van der Waals surface area contributed by atoms with Crippen molar-refractivity contribution in [3.8, 4) is 0 Å². The molecule has 112 valence electrons. The van der Waals surface area contributed by atoms with Crippen molar-refractivity contribution in [2.75, 3.05) is 0 Å². The van der Waals surface area contributed by atoms with Crippen LogP contribution < -0.4 is 5.32 Å². The summed E-state index contributed by atoms with van der Waals surface area (Å²) in [5.41, 5.74) is -0.526. The maximum absolute atomic E-state index is 11.7. The molecule has 0 aliphatic heterocycles. The van der Waals surface area contributed by atoms with E-state index in [1.165, 1.54) is 0 Å². The summed E-state index contributed by atoms with van der Waals surface area (Å²) in [6.45, 7) is 6.21. The topological polar surface area (TPSA) is 76.4 Å². The number of hydrogen-bond donors (Lipinski definition) is 2. The molecule has 2 N–H and O–H groups in total. The Kier molecular flexibility index (Phi) is 4.32. The molecule has 1 aliphatic carbocycles. The molecule has 1 fully saturated rings. The Balaban J connectivity index is 1.83. The lowest BCUT2D eigenvalue weighted by molar-refractivity contribution is 0.0450. The first-order valence-corrected chi connectivity index (χ1v) is 6.98. The number of ether oxygens (including phenoxy) is 1. The summed E-state index contributed by atoms with van der Waals surface area (Å²) in [4.78, 5) is 11.7. The molecular weight excluding hydrogens is 258 g/mol. The van der Waals surface area contributed by atoms with Gasteiger partial charge in [-0.05, 0) is 45.6 Å². The zero-order valence-corrected chi connectivity index (χ0v) is 12.2. The van der Waals surface area contributed by atoms with E-state index in [0.29, 0.717) is 12.3 Å². The molecule has 1 aromatic rings. The van der Waals surface area contributed by atoms with Gasteiger partial charge in [0, 0.05) is 18.9 Å². The van der Waals surface area contributed by atoms with Crippen molar-refractivity contribution >= 4 is 6.09 Å². The summed E-state index contributed by atoms with van der Waals surface area (Å²) < 4.78 is 7.06. The van der Waals surface area contributed by atoms with E-state index in [-0.39, 0.29) is 6.04 Å². The number of amides is 1. The number of alkyl carbamates (subject to hydrolysis) is 1. The molecule has 1 heterocycles. The molecule has 1 aromatic heterocycles. The fourth-order valence-electron chi connectivity index (χ4n) is 2.55. The maximum Gasteiger partial charge on any atom is 0.407 e. The molecule has 1 amide bonds. The van der Waals surface area contributed by atoms with E-state index in [2.05, 4.69) is 10.4 Å². The van der Waals surface area contributed by atoms with Crippen molar-refractivity contribution in [3.63, 3.8) is 0 Å². The quantitative estimate of drug-likeness (QED) is 0.881. The second kappa shape index (κ2) is 5.83. The first kappa shape index (κ1) is 14.8. The number of carbonyl (C=O) groups excluding carboxylic acids is 1. The molecule has 6 nitrogen and oxygen atoms in total. The molecule has 0 aromatic carbocycles. The van der Waals surface area contributed by atoms with E-state index in [9.17, 15) is 9.90 Å². The Hall–Kier alpha value is -1.56. The third-order valence-corrected chi connectivity index (χ3v) is 3.33. The lowest BCUT2D eigenvalue weighted by Gasteiger charge is -2.23. The van der Waals surface area contributed by atoms with Crippen LogP contribution >= 0.6 is 0 Å². The Labute approximate surface area is 119 Å². The molecule has 1 saturated carbocycles. The zero-order chi connectivity index (χ0) is 14.8. The van der Waals surface area contributed by atoms with Gasteiger partial charge in [0.25, 0.3) is 0 Å². The highest BCUT2D eigenvalue weighted by Gasteiger charge is 2.35. The summed E-state index contributed by atoms with van der Waals surface area (Å²) in [5.74, 6) is 0.310. The minimum Gasteiger partial charge on any atom is -0.444 e. The molecule has 1 unspecified atom stereocenters. The number of aromatic nitrogens is 2. The number of nitrogens with one attached hydrogen (secondary N) is 1. The monoisotopic (exact) mass is 281 g/mol. The van der Waals surface area contributed by atoms with Crippen LogP contribution in [0.5, 0.6) is 0 Å². The average molecular weight is 281 g/mol. The van der Waals surface area contributed by atoms with Crippen molar-refractivity contribution in [1.29, 1.82) is 0 Å². The molecule has 0 saturated heterocycles. The van der Waals surface area contributed by atoms with Gasteiger partial charge in [-0.2, -0.15) is 5.10 Å². The molecule has 20 heavy (non-hydrogen) atoms. The molecule has 0 radical (unpaired) electrons. The summed E-state index contributed by atoms with van der Waals surface area (Å²) in [6, 6.07) is 1.63. The molecule has 2 rings (SSSR count). The summed E-state index contributed by atoms with van der Waals surface area (Å²) in [7, 11) is 0. The van der Waals surface area contributed by atoms with E-state index in [4.69, 9.17) is 4.74 Å².